The molecule has 0 spiro atoms. The Bertz CT molecular complexity index is 1330. The maximum absolute atomic E-state index is 11.3. The first-order chi connectivity index (χ1) is 13.7. The van der Waals surface area contributed by atoms with E-state index in [1.807, 2.05) is 6.07 Å². The van der Waals surface area contributed by atoms with Crippen LogP contribution >= 0.6 is 0 Å². The smallest absolute Gasteiger partial charge is 0.105 e. The molecule has 28 heavy (non-hydrogen) atoms. The quantitative estimate of drug-likeness (QED) is 0.395. The first-order valence-corrected chi connectivity index (χ1v) is 9.86. The molecular weight excluding hydrogens is 342 g/mol. The van der Waals surface area contributed by atoms with Crippen LogP contribution in [0.1, 0.15) is 29.7 Å². The summed E-state index contributed by atoms with van der Waals surface area (Å²) in [5.74, 6) is 0. The Morgan fingerprint density at radius 1 is 0.750 bits per heavy atom. The molecule has 0 aliphatic heterocycles. The Balaban J connectivity index is 1.72. The van der Waals surface area contributed by atoms with Crippen molar-refractivity contribution in [2.75, 3.05) is 0 Å². The highest BCUT2D eigenvalue weighted by molar-refractivity contribution is 6.08. The van der Waals surface area contributed by atoms with Gasteiger partial charge >= 0.3 is 0 Å². The highest BCUT2D eigenvalue weighted by Gasteiger charge is 2.17. The summed E-state index contributed by atoms with van der Waals surface area (Å²) >= 11 is 0. The molecule has 0 aliphatic carbocycles. The third-order valence-corrected chi connectivity index (χ3v) is 5.90. The number of hydrogen-bond acceptors (Lipinski definition) is 1. The zero-order chi connectivity index (χ0) is 19.3. The third-order valence-electron chi connectivity index (χ3n) is 5.90. The van der Waals surface area contributed by atoms with Gasteiger partial charge in [0.15, 0.2) is 0 Å². The Kier molecular flexibility index (Phi) is 3.96. The topological polar surface area (TPSA) is 25.2 Å². The Morgan fingerprint density at radius 3 is 2.21 bits per heavy atom. The number of aromatic nitrogens is 1. The molecule has 2 heteroatoms. The first kappa shape index (κ1) is 17.0. The zero-order valence-corrected chi connectivity index (χ0v) is 16.2. The summed E-state index contributed by atoms with van der Waals surface area (Å²) in [5.41, 5.74) is 5.58. The summed E-state index contributed by atoms with van der Waals surface area (Å²) in [7, 11) is 0. The van der Waals surface area contributed by atoms with Crippen molar-refractivity contribution < 1.29 is 5.11 Å². The monoisotopic (exact) mass is 365 g/mol. The summed E-state index contributed by atoms with van der Waals surface area (Å²) in [5, 5.41) is 16.0. The van der Waals surface area contributed by atoms with E-state index >= 15 is 0 Å². The summed E-state index contributed by atoms with van der Waals surface area (Å²) in [6.45, 7) is 5.21. The van der Waals surface area contributed by atoms with Crippen LogP contribution in [0, 0.1) is 6.92 Å². The van der Waals surface area contributed by atoms with Crippen LogP contribution in [0.25, 0.3) is 32.6 Å². The van der Waals surface area contributed by atoms with Gasteiger partial charge in [0.05, 0.1) is 0 Å². The zero-order valence-electron chi connectivity index (χ0n) is 16.2. The molecule has 0 unspecified atom stereocenters. The van der Waals surface area contributed by atoms with E-state index in [1.54, 1.807) is 0 Å². The van der Waals surface area contributed by atoms with Crippen molar-refractivity contribution in [1.29, 1.82) is 0 Å². The minimum absolute atomic E-state index is 0.654. The molecule has 2 nitrogen and oxygen atoms in total. The Labute approximate surface area is 164 Å². The molecule has 1 atom stereocenters. The van der Waals surface area contributed by atoms with Crippen LogP contribution in [0.15, 0.2) is 78.9 Å². The molecule has 1 N–H and O–H groups in total. The van der Waals surface area contributed by atoms with Crippen molar-refractivity contribution in [3.05, 3.63) is 95.6 Å². The van der Waals surface area contributed by atoms with Crippen LogP contribution in [0.3, 0.4) is 0 Å². The molecule has 1 aromatic heterocycles. The number of para-hydroxylation sites is 1. The summed E-state index contributed by atoms with van der Waals surface area (Å²) < 4.78 is 2.34. The largest absolute Gasteiger partial charge is 0.384 e. The van der Waals surface area contributed by atoms with E-state index in [4.69, 9.17) is 0 Å². The minimum Gasteiger partial charge on any atom is -0.384 e. The fourth-order valence-corrected chi connectivity index (χ4v) is 4.47. The maximum Gasteiger partial charge on any atom is 0.105 e. The lowest BCUT2D eigenvalue weighted by Gasteiger charge is -2.16. The van der Waals surface area contributed by atoms with Crippen molar-refractivity contribution in [2.24, 2.45) is 0 Å². The summed E-state index contributed by atoms with van der Waals surface area (Å²) in [6.07, 6.45) is -0.654. The van der Waals surface area contributed by atoms with E-state index in [9.17, 15) is 5.11 Å². The van der Waals surface area contributed by atoms with Gasteiger partial charge < -0.3 is 9.67 Å². The van der Waals surface area contributed by atoms with Gasteiger partial charge in [0.25, 0.3) is 0 Å². The van der Waals surface area contributed by atoms with E-state index in [0.29, 0.717) is 0 Å². The Morgan fingerprint density at radius 2 is 1.43 bits per heavy atom. The van der Waals surface area contributed by atoms with E-state index in [2.05, 4.69) is 91.2 Å². The van der Waals surface area contributed by atoms with Gasteiger partial charge in [-0.05, 0) is 59.5 Å². The van der Waals surface area contributed by atoms with Gasteiger partial charge in [0.2, 0.25) is 0 Å². The second-order valence-corrected chi connectivity index (χ2v) is 7.46. The van der Waals surface area contributed by atoms with Crippen LogP contribution in [-0.2, 0) is 6.54 Å². The fraction of sp³-hybridized carbons (Fsp3) is 0.154. The molecule has 0 amide bonds. The van der Waals surface area contributed by atoms with Crippen LogP contribution in [0.4, 0.5) is 0 Å². The molecule has 138 valence electrons. The van der Waals surface area contributed by atoms with Crippen molar-refractivity contribution in [3.8, 4) is 0 Å². The van der Waals surface area contributed by atoms with Crippen LogP contribution in [-0.4, -0.2) is 9.67 Å². The molecule has 0 saturated carbocycles. The van der Waals surface area contributed by atoms with Gasteiger partial charge in [-0.15, -0.1) is 0 Å². The van der Waals surface area contributed by atoms with Crippen molar-refractivity contribution in [1.82, 2.24) is 4.57 Å². The number of fused-ring (bicyclic) bond motifs is 4. The Hall–Kier alpha value is -3.10. The van der Waals surface area contributed by atoms with E-state index in [-0.39, 0.29) is 0 Å². The summed E-state index contributed by atoms with van der Waals surface area (Å²) in [6, 6.07) is 27.3. The van der Waals surface area contributed by atoms with Crippen LogP contribution < -0.4 is 0 Å². The van der Waals surface area contributed by atoms with Gasteiger partial charge in [-0.2, -0.15) is 0 Å². The van der Waals surface area contributed by atoms with Crippen molar-refractivity contribution >= 4 is 32.6 Å². The van der Waals surface area contributed by atoms with Gasteiger partial charge in [-0.1, -0.05) is 60.7 Å². The third kappa shape index (κ3) is 2.45. The minimum atomic E-state index is -0.654. The van der Waals surface area contributed by atoms with Crippen LogP contribution in [0.2, 0.25) is 0 Å². The molecule has 4 aromatic carbocycles. The first-order valence-electron chi connectivity index (χ1n) is 9.86. The van der Waals surface area contributed by atoms with Gasteiger partial charge in [0.1, 0.15) is 6.10 Å². The summed E-state index contributed by atoms with van der Waals surface area (Å²) in [4.78, 5) is 0. The second kappa shape index (κ2) is 6.50. The highest BCUT2D eigenvalue weighted by Crippen LogP contribution is 2.35. The van der Waals surface area contributed by atoms with Gasteiger partial charge in [-0.3, -0.25) is 0 Å². The van der Waals surface area contributed by atoms with E-state index < -0.39 is 6.10 Å². The normalized spacial score (nSPS) is 12.8. The van der Waals surface area contributed by atoms with Gasteiger partial charge in [0, 0.05) is 28.4 Å². The lowest BCUT2D eigenvalue weighted by Crippen LogP contribution is -2.01. The molecule has 0 radical (unpaired) electrons. The lowest BCUT2D eigenvalue weighted by atomic mass is 9.93. The average molecular weight is 365 g/mol. The average Bonchev–Trinajstić information content (AvgIpc) is 3.07. The molecular formula is C26H23NO. The molecule has 5 aromatic rings. The highest BCUT2D eigenvalue weighted by atomic mass is 16.3. The number of rotatable bonds is 3. The molecule has 0 bridgehead atoms. The number of benzene rings is 4. The molecule has 0 saturated heterocycles. The van der Waals surface area contributed by atoms with E-state index in [0.717, 1.165) is 23.1 Å². The molecule has 5 rings (SSSR count). The lowest BCUT2D eigenvalue weighted by molar-refractivity contribution is 0.222. The number of aryl methyl sites for hydroxylation is 2. The number of aliphatic hydroxyl groups excluding tert-OH is 1. The number of hydrogen-bond donors (Lipinski definition) is 1. The maximum atomic E-state index is 11.3. The second-order valence-electron chi connectivity index (χ2n) is 7.46. The molecule has 1 heterocycles. The van der Waals surface area contributed by atoms with E-state index in [1.165, 1.54) is 32.8 Å². The fourth-order valence-electron chi connectivity index (χ4n) is 4.47. The molecule has 0 fully saturated rings. The molecule has 0 aliphatic rings. The standard InChI is InChI=1S/C26H23NO/c1-3-27-24-11-7-6-10-21(24)23-16-18(13-15-25(23)27)26(28)22-14-12-17(2)19-8-4-5-9-20(19)22/h4-16,26,28H,3H2,1-2H3/t26-/m1/s1. The number of aliphatic hydroxyl groups is 1. The van der Waals surface area contributed by atoms with Crippen molar-refractivity contribution in [3.63, 3.8) is 0 Å². The van der Waals surface area contributed by atoms with Crippen molar-refractivity contribution in [2.45, 2.75) is 26.5 Å². The SMILES string of the molecule is CCn1c2ccccc2c2cc([C@@H](O)c3ccc(C)c4ccccc34)ccc21. The van der Waals surface area contributed by atoms with Crippen LogP contribution in [0.5, 0.6) is 0 Å². The predicted molar refractivity (Wildman–Crippen MR) is 118 cm³/mol. The predicted octanol–water partition coefficient (Wildman–Crippen LogP) is 6.36. The number of nitrogens with zero attached hydrogens (tertiary/aromatic N) is 1. The van der Waals surface area contributed by atoms with Gasteiger partial charge in [-0.25, -0.2) is 0 Å².